The van der Waals surface area contributed by atoms with Gasteiger partial charge in [0, 0.05) is 91.0 Å². The van der Waals surface area contributed by atoms with Crippen LogP contribution >= 0.6 is 0 Å². The van der Waals surface area contributed by atoms with Crippen LogP contribution in [0.15, 0.2) is 162 Å². The molecule has 8 rings (SSSR count). The zero-order valence-corrected chi connectivity index (χ0v) is 37.8. The summed E-state index contributed by atoms with van der Waals surface area (Å²) in [6, 6.07) is 54.3. The fourth-order valence-electron chi connectivity index (χ4n) is 8.89. The van der Waals surface area contributed by atoms with E-state index >= 15 is 0 Å². The molecule has 0 amide bonds. The maximum atomic E-state index is 8.84. The van der Waals surface area contributed by atoms with Crippen molar-refractivity contribution in [3.8, 4) is 6.07 Å². The van der Waals surface area contributed by atoms with Gasteiger partial charge in [0.25, 0.3) is 6.67 Å². The number of rotatable bonds is 17. The van der Waals surface area contributed by atoms with Gasteiger partial charge in [-0.25, -0.2) is 11.5 Å². The SMILES string of the molecule is C(=NCCN1CCN(CCN=Cc2ccccc2)C1c1ccccc1)c1ccccc1.NCCN1CCN(CCN)C1c1ccccc1.[C-]#[N+]CN1CCN(CC#N)C1c1ccccc1. The number of hydrogen-bond donors (Lipinski definition) is 2. The predicted octanol–water partition coefficient (Wildman–Crippen LogP) is 6.46. The summed E-state index contributed by atoms with van der Waals surface area (Å²) in [6.07, 6.45) is 4.67. The van der Waals surface area contributed by atoms with Gasteiger partial charge in [-0.2, -0.15) is 5.26 Å². The number of aliphatic imine (C=N–C) groups is 2. The number of benzene rings is 5. The molecule has 5 aromatic carbocycles. The smallest absolute Gasteiger partial charge is 0.272 e. The molecular weight excluding hydrogens is 805 g/mol. The molecule has 3 heterocycles. The van der Waals surface area contributed by atoms with E-state index in [1.54, 1.807) is 0 Å². The minimum atomic E-state index is 0.0740. The third kappa shape index (κ3) is 14.8. The molecule has 1 unspecified atom stereocenters. The zero-order chi connectivity index (χ0) is 45.3. The van der Waals surface area contributed by atoms with Gasteiger partial charge in [0.05, 0.1) is 44.2 Å². The monoisotopic (exact) mass is 871 g/mol. The Kier molecular flexibility index (Phi) is 20.5. The van der Waals surface area contributed by atoms with Crippen molar-refractivity contribution in [3.05, 3.63) is 191 Å². The summed E-state index contributed by atoms with van der Waals surface area (Å²) < 4.78 is 0. The molecule has 338 valence electrons. The fourth-order valence-corrected chi connectivity index (χ4v) is 8.89. The third-order valence-corrected chi connectivity index (χ3v) is 11.9. The van der Waals surface area contributed by atoms with E-state index < -0.39 is 0 Å². The number of nitriles is 1. The Morgan fingerprint density at radius 1 is 0.492 bits per heavy atom. The second-order valence-electron chi connectivity index (χ2n) is 16.2. The van der Waals surface area contributed by atoms with E-state index in [0.717, 1.165) is 95.2 Å². The van der Waals surface area contributed by atoms with Crippen LogP contribution in [0.25, 0.3) is 4.85 Å². The molecule has 4 N–H and O–H groups in total. The molecular formula is C53H66N12. The number of nitrogens with zero attached hydrogens (tertiary/aromatic N) is 10. The summed E-state index contributed by atoms with van der Waals surface area (Å²) in [7, 11) is 0. The van der Waals surface area contributed by atoms with Gasteiger partial charge in [-0.05, 0) is 27.8 Å². The summed E-state index contributed by atoms with van der Waals surface area (Å²) in [5, 5.41) is 8.84. The van der Waals surface area contributed by atoms with E-state index in [0.29, 0.717) is 38.6 Å². The molecule has 12 nitrogen and oxygen atoms in total. The van der Waals surface area contributed by atoms with Crippen molar-refractivity contribution < 1.29 is 0 Å². The Hall–Kier alpha value is -5.90. The average Bonchev–Trinajstić information content (AvgIpc) is 4.08. The van der Waals surface area contributed by atoms with Crippen LogP contribution in [0.2, 0.25) is 0 Å². The Bertz CT molecular complexity index is 2100. The van der Waals surface area contributed by atoms with E-state index in [4.69, 9.17) is 23.3 Å². The first-order chi connectivity index (χ1) is 32.1. The van der Waals surface area contributed by atoms with Crippen molar-refractivity contribution in [3.63, 3.8) is 0 Å². The van der Waals surface area contributed by atoms with Gasteiger partial charge in [0.2, 0.25) is 0 Å². The molecule has 0 spiro atoms. The highest BCUT2D eigenvalue weighted by Gasteiger charge is 2.35. The van der Waals surface area contributed by atoms with E-state index in [1.165, 1.54) is 11.1 Å². The molecule has 0 saturated carbocycles. The van der Waals surface area contributed by atoms with Crippen LogP contribution in [-0.2, 0) is 0 Å². The molecule has 0 aromatic heterocycles. The molecule has 0 radical (unpaired) electrons. The van der Waals surface area contributed by atoms with Gasteiger partial charge in [-0.15, -0.1) is 0 Å². The van der Waals surface area contributed by atoms with Crippen molar-refractivity contribution >= 4 is 12.4 Å². The number of nitrogens with two attached hydrogens (primary N) is 2. The van der Waals surface area contributed by atoms with Gasteiger partial charge < -0.3 is 11.5 Å². The second kappa shape index (κ2) is 27.4. The van der Waals surface area contributed by atoms with E-state index in [2.05, 4.69) is 147 Å². The molecule has 5 aromatic rings. The van der Waals surface area contributed by atoms with Crippen molar-refractivity contribution in [2.45, 2.75) is 18.5 Å². The lowest BCUT2D eigenvalue weighted by molar-refractivity contribution is 0.143. The minimum absolute atomic E-state index is 0.0740. The van der Waals surface area contributed by atoms with E-state index in [1.807, 2.05) is 67.0 Å². The van der Waals surface area contributed by atoms with Crippen LogP contribution < -0.4 is 11.5 Å². The lowest BCUT2D eigenvalue weighted by Crippen LogP contribution is -2.36. The van der Waals surface area contributed by atoms with Gasteiger partial charge in [-0.1, -0.05) is 152 Å². The van der Waals surface area contributed by atoms with Gasteiger partial charge in [0.1, 0.15) is 0 Å². The van der Waals surface area contributed by atoms with Crippen LogP contribution in [-0.4, -0.2) is 147 Å². The molecule has 3 saturated heterocycles. The summed E-state index contributed by atoms with van der Waals surface area (Å²) in [5.41, 5.74) is 17.5. The quantitative estimate of drug-likeness (QED) is 0.0616. The molecule has 65 heavy (non-hydrogen) atoms. The van der Waals surface area contributed by atoms with E-state index in [-0.39, 0.29) is 6.17 Å². The largest absolute Gasteiger partial charge is 0.329 e. The van der Waals surface area contributed by atoms with Crippen LogP contribution in [0.5, 0.6) is 0 Å². The van der Waals surface area contributed by atoms with Crippen LogP contribution in [0.4, 0.5) is 0 Å². The summed E-state index contributed by atoms with van der Waals surface area (Å²) in [5.74, 6) is 0. The molecule has 3 aliphatic heterocycles. The number of hydrogen-bond acceptors (Lipinski definition) is 11. The molecule has 0 aliphatic carbocycles. The highest BCUT2D eigenvalue weighted by molar-refractivity contribution is 5.79. The molecule has 0 bridgehead atoms. The summed E-state index contributed by atoms with van der Waals surface area (Å²) in [6.45, 7) is 20.6. The lowest BCUT2D eigenvalue weighted by atomic mass is 10.1. The van der Waals surface area contributed by atoms with Crippen molar-refractivity contribution in [2.24, 2.45) is 21.5 Å². The molecule has 3 aliphatic rings. The van der Waals surface area contributed by atoms with Crippen LogP contribution in [0.1, 0.15) is 46.3 Å². The standard InChI is InChI=1S/C27H30N4.C13H14N4.C13H22N4/c1-4-10-24(11-5-1)22-28-16-18-30-20-21-31(27(30)26-14-8-3-9-15-26)19-17-29-23-25-12-6-2-7-13-25;1-15-11-17-10-9-16(8-7-14)13(17)12-5-3-2-4-6-12;14-6-8-16-10-11-17(9-7-15)13(16)12-4-2-1-3-5-12/h1-15,22-23,27H,16-21H2;2-6,13H,8-11H2;1-5,13H,6-11,14-15H2. The lowest BCUT2D eigenvalue weighted by Gasteiger charge is -2.30. The Morgan fingerprint density at radius 3 is 1.17 bits per heavy atom. The summed E-state index contributed by atoms with van der Waals surface area (Å²) >= 11 is 0. The highest BCUT2D eigenvalue weighted by atomic mass is 15.4. The second-order valence-corrected chi connectivity index (χ2v) is 16.2. The van der Waals surface area contributed by atoms with Crippen LogP contribution in [0.3, 0.4) is 0 Å². The first-order valence-electron chi connectivity index (χ1n) is 22.9. The van der Waals surface area contributed by atoms with Crippen LogP contribution in [0, 0.1) is 17.9 Å². The third-order valence-electron chi connectivity index (χ3n) is 11.9. The maximum absolute atomic E-state index is 8.84. The van der Waals surface area contributed by atoms with Crippen molar-refractivity contribution in [1.29, 1.82) is 5.26 Å². The van der Waals surface area contributed by atoms with Crippen molar-refractivity contribution in [1.82, 2.24) is 29.4 Å². The fraction of sp³-hybridized carbons (Fsp3) is 0.358. The average molecular weight is 871 g/mol. The highest BCUT2D eigenvalue weighted by Crippen LogP contribution is 2.31. The normalized spacial score (nSPS) is 18.9. The van der Waals surface area contributed by atoms with Gasteiger partial charge in [-0.3, -0.25) is 39.3 Å². The van der Waals surface area contributed by atoms with E-state index in [9.17, 15) is 0 Å². The van der Waals surface area contributed by atoms with Gasteiger partial charge >= 0.3 is 0 Å². The zero-order valence-electron chi connectivity index (χ0n) is 37.8. The Balaban J connectivity index is 0.000000175. The minimum Gasteiger partial charge on any atom is -0.329 e. The Labute approximate surface area is 387 Å². The Morgan fingerprint density at radius 2 is 0.815 bits per heavy atom. The molecule has 1 atom stereocenters. The topological polar surface area (TPSA) is 124 Å². The summed E-state index contributed by atoms with van der Waals surface area (Å²) in [4.78, 5) is 26.9. The van der Waals surface area contributed by atoms with Gasteiger partial charge in [0.15, 0.2) is 0 Å². The molecule has 3 fully saturated rings. The first kappa shape index (κ1) is 48.6. The maximum Gasteiger partial charge on any atom is 0.272 e. The first-order valence-corrected chi connectivity index (χ1v) is 22.9. The molecule has 12 heteroatoms. The van der Waals surface area contributed by atoms with Crippen molar-refractivity contribution in [2.75, 3.05) is 105 Å². The predicted molar refractivity (Wildman–Crippen MR) is 265 cm³/mol.